The Hall–Kier alpha value is -1.85. The van der Waals surface area contributed by atoms with E-state index in [1.807, 2.05) is 29.1 Å². The first-order chi connectivity index (χ1) is 10.8. The highest BCUT2D eigenvalue weighted by Crippen LogP contribution is 2.11. The molecule has 1 atom stereocenters. The average molecular weight is 335 g/mol. The normalized spacial score (nSPS) is 17.3. The number of aromatic nitrogens is 2. The van der Waals surface area contributed by atoms with Crippen molar-refractivity contribution in [3.05, 3.63) is 53.9 Å². The number of benzene rings is 1. The topological polar surface area (TPSA) is 59.0 Å². The van der Waals surface area contributed by atoms with Gasteiger partial charge in [0.2, 0.25) is 5.91 Å². The molecule has 1 aromatic heterocycles. The summed E-state index contributed by atoms with van der Waals surface area (Å²) >= 11 is 0. The van der Waals surface area contributed by atoms with Gasteiger partial charge in [0.05, 0.1) is 12.6 Å². The van der Waals surface area contributed by atoms with Gasteiger partial charge in [0, 0.05) is 18.9 Å². The minimum absolute atomic E-state index is 0. The monoisotopic (exact) mass is 334 g/mol. The fraction of sp³-hybridized carbons (Fsp3) is 0.412. The second-order valence-corrected chi connectivity index (χ2v) is 5.69. The number of hydrogen-bond donors (Lipinski definition) is 2. The van der Waals surface area contributed by atoms with Gasteiger partial charge >= 0.3 is 0 Å². The minimum Gasteiger partial charge on any atom is -0.351 e. The molecule has 0 aliphatic carbocycles. The molecule has 0 bridgehead atoms. The van der Waals surface area contributed by atoms with Crippen LogP contribution >= 0.6 is 12.4 Å². The first-order valence-electron chi connectivity index (χ1n) is 7.88. The number of halogens is 1. The summed E-state index contributed by atoms with van der Waals surface area (Å²) in [6, 6.07) is 10.1. The van der Waals surface area contributed by atoms with Crippen molar-refractivity contribution < 1.29 is 4.79 Å². The lowest BCUT2D eigenvalue weighted by atomic mass is 10.0. The Kier molecular flexibility index (Phi) is 6.62. The van der Waals surface area contributed by atoms with E-state index in [9.17, 15) is 4.79 Å². The van der Waals surface area contributed by atoms with Crippen LogP contribution in [-0.4, -0.2) is 28.3 Å². The molecule has 2 N–H and O–H groups in total. The Labute approximate surface area is 142 Å². The lowest BCUT2D eigenvalue weighted by molar-refractivity contribution is -0.123. The molecular weight excluding hydrogens is 312 g/mol. The van der Waals surface area contributed by atoms with Gasteiger partial charge in [0.25, 0.3) is 0 Å². The van der Waals surface area contributed by atoms with Crippen molar-refractivity contribution in [3.63, 3.8) is 0 Å². The third-order valence-electron chi connectivity index (χ3n) is 4.09. The largest absolute Gasteiger partial charge is 0.351 e. The van der Waals surface area contributed by atoms with E-state index in [0.29, 0.717) is 6.54 Å². The van der Waals surface area contributed by atoms with Crippen molar-refractivity contribution in [3.8, 4) is 0 Å². The third-order valence-corrected chi connectivity index (χ3v) is 4.09. The maximum atomic E-state index is 12.2. The Bertz CT molecular complexity index is 609. The van der Waals surface area contributed by atoms with E-state index >= 15 is 0 Å². The molecule has 5 nitrogen and oxygen atoms in total. The lowest BCUT2D eigenvalue weighted by Gasteiger charge is -2.22. The summed E-state index contributed by atoms with van der Waals surface area (Å²) in [5, 5.41) is 10.6. The average Bonchev–Trinajstić information content (AvgIpc) is 3.07. The summed E-state index contributed by atoms with van der Waals surface area (Å²) in [5.74, 6) is 0.105. The molecule has 0 radical (unpaired) electrons. The van der Waals surface area contributed by atoms with Crippen LogP contribution in [0.5, 0.6) is 0 Å². The van der Waals surface area contributed by atoms with Crippen molar-refractivity contribution in [1.29, 1.82) is 0 Å². The van der Waals surface area contributed by atoms with Gasteiger partial charge in [0.15, 0.2) is 0 Å². The summed E-state index contributed by atoms with van der Waals surface area (Å²) < 4.78 is 1.89. The minimum atomic E-state index is -0.0352. The molecular formula is C17H23ClN4O. The molecule has 23 heavy (non-hydrogen) atoms. The van der Waals surface area contributed by atoms with Gasteiger partial charge in [-0.05, 0) is 36.6 Å². The number of nitrogens with one attached hydrogen (secondary N) is 2. The highest BCUT2D eigenvalue weighted by atomic mass is 35.5. The number of nitrogens with zero attached hydrogens (tertiary/aromatic N) is 2. The summed E-state index contributed by atoms with van der Waals surface area (Å²) in [7, 11) is 0. The number of carbonyl (C=O) groups excluding carboxylic acids is 1. The summed E-state index contributed by atoms with van der Waals surface area (Å²) in [6.07, 6.45) is 6.94. The first kappa shape index (κ1) is 17.5. The number of rotatable bonds is 5. The Morgan fingerprint density at radius 3 is 2.78 bits per heavy atom. The van der Waals surface area contributed by atoms with E-state index in [0.717, 1.165) is 37.9 Å². The van der Waals surface area contributed by atoms with Gasteiger partial charge in [-0.2, -0.15) is 5.10 Å². The van der Waals surface area contributed by atoms with E-state index < -0.39 is 0 Å². The molecule has 1 fully saturated rings. The molecule has 1 saturated heterocycles. The van der Waals surface area contributed by atoms with E-state index in [2.05, 4.69) is 27.9 Å². The maximum Gasteiger partial charge on any atom is 0.237 e. The molecule has 0 saturated carbocycles. The standard InChI is InChI=1S/C17H22N4O.ClH/c22-17(16-8-3-4-9-18-16)19-12-14-6-1-2-7-15(14)13-21-11-5-10-20-21;/h1-2,5-7,10-11,16,18H,3-4,8-9,12-13H2,(H,19,22);1H. The van der Waals surface area contributed by atoms with Gasteiger partial charge in [0.1, 0.15) is 0 Å². The van der Waals surface area contributed by atoms with E-state index in [1.165, 1.54) is 5.56 Å². The Morgan fingerprint density at radius 1 is 1.26 bits per heavy atom. The van der Waals surface area contributed by atoms with Crippen molar-refractivity contribution in [2.75, 3.05) is 6.54 Å². The van der Waals surface area contributed by atoms with Crippen LogP contribution in [-0.2, 0) is 17.9 Å². The second-order valence-electron chi connectivity index (χ2n) is 5.69. The van der Waals surface area contributed by atoms with Crippen LogP contribution in [0.4, 0.5) is 0 Å². The summed E-state index contributed by atoms with van der Waals surface area (Å²) in [6.45, 7) is 2.23. The van der Waals surface area contributed by atoms with Gasteiger partial charge < -0.3 is 10.6 Å². The van der Waals surface area contributed by atoms with Crippen LogP contribution in [0.25, 0.3) is 0 Å². The zero-order valence-corrected chi connectivity index (χ0v) is 13.9. The summed E-state index contributed by atoms with van der Waals surface area (Å²) in [5.41, 5.74) is 2.32. The van der Waals surface area contributed by atoms with Gasteiger partial charge in [-0.3, -0.25) is 9.48 Å². The summed E-state index contributed by atoms with van der Waals surface area (Å²) in [4.78, 5) is 12.2. The highest BCUT2D eigenvalue weighted by molar-refractivity contribution is 5.85. The van der Waals surface area contributed by atoms with E-state index in [1.54, 1.807) is 6.20 Å². The maximum absolute atomic E-state index is 12.2. The molecule has 6 heteroatoms. The predicted molar refractivity (Wildman–Crippen MR) is 92.5 cm³/mol. The smallest absolute Gasteiger partial charge is 0.237 e. The van der Waals surface area contributed by atoms with Crippen LogP contribution < -0.4 is 10.6 Å². The van der Waals surface area contributed by atoms with Crippen LogP contribution in [0.2, 0.25) is 0 Å². The van der Waals surface area contributed by atoms with Crippen LogP contribution in [0, 0.1) is 0 Å². The fourth-order valence-corrected chi connectivity index (χ4v) is 2.83. The second kappa shape index (κ2) is 8.70. The fourth-order valence-electron chi connectivity index (χ4n) is 2.83. The molecule has 0 spiro atoms. The zero-order valence-electron chi connectivity index (χ0n) is 13.1. The van der Waals surface area contributed by atoms with Crippen molar-refractivity contribution in [2.24, 2.45) is 0 Å². The molecule has 1 aliphatic heterocycles. The molecule has 1 unspecified atom stereocenters. The molecule has 124 valence electrons. The quantitative estimate of drug-likeness (QED) is 0.880. The van der Waals surface area contributed by atoms with Crippen LogP contribution in [0.15, 0.2) is 42.7 Å². The number of carbonyl (C=O) groups is 1. The van der Waals surface area contributed by atoms with Crippen molar-refractivity contribution in [2.45, 2.75) is 38.4 Å². The molecule has 1 aliphatic rings. The van der Waals surface area contributed by atoms with Crippen LogP contribution in [0.1, 0.15) is 30.4 Å². The molecule has 1 amide bonds. The molecule has 3 rings (SSSR count). The lowest BCUT2D eigenvalue weighted by Crippen LogP contribution is -2.46. The van der Waals surface area contributed by atoms with E-state index in [4.69, 9.17) is 0 Å². The van der Waals surface area contributed by atoms with Gasteiger partial charge in [-0.25, -0.2) is 0 Å². The van der Waals surface area contributed by atoms with Crippen molar-refractivity contribution >= 4 is 18.3 Å². The number of piperidine rings is 1. The van der Waals surface area contributed by atoms with E-state index in [-0.39, 0.29) is 24.4 Å². The molecule has 2 aromatic rings. The SMILES string of the molecule is Cl.O=C(NCc1ccccc1Cn1cccn1)C1CCCCN1. The number of hydrogen-bond acceptors (Lipinski definition) is 3. The van der Waals surface area contributed by atoms with Gasteiger partial charge in [-0.1, -0.05) is 30.7 Å². The zero-order chi connectivity index (χ0) is 15.2. The number of amides is 1. The van der Waals surface area contributed by atoms with Crippen molar-refractivity contribution in [1.82, 2.24) is 20.4 Å². The Balaban J connectivity index is 0.00000192. The Morgan fingerprint density at radius 2 is 2.09 bits per heavy atom. The predicted octanol–water partition coefficient (Wildman–Crippen LogP) is 2.11. The third kappa shape index (κ3) is 4.81. The molecule has 1 aromatic carbocycles. The first-order valence-corrected chi connectivity index (χ1v) is 7.88. The van der Waals surface area contributed by atoms with Crippen LogP contribution in [0.3, 0.4) is 0 Å². The molecule has 2 heterocycles. The highest BCUT2D eigenvalue weighted by Gasteiger charge is 2.20. The van der Waals surface area contributed by atoms with Gasteiger partial charge in [-0.15, -0.1) is 12.4 Å².